The van der Waals surface area contributed by atoms with E-state index in [0.717, 1.165) is 18.8 Å². The molecule has 0 spiro atoms. The average Bonchev–Trinajstić information content (AvgIpc) is 2.94. The van der Waals surface area contributed by atoms with Crippen molar-refractivity contribution in [2.75, 3.05) is 6.54 Å². The molecule has 2 fully saturated rings. The van der Waals surface area contributed by atoms with Gasteiger partial charge in [0.1, 0.15) is 5.54 Å². The molecule has 4 rings (SSSR count). The van der Waals surface area contributed by atoms with Crippen LogP contribution in [0.15, 0.2) is 16.9 Å². The second kappa shape index (κ2) is 5.05. The second-order valence-corrected chi connectivity index (χ2v) is 6.14. The van der Waals surface area contributed by atoms with Gasteiger partial charge in [0.2, 0.25) is 5.91 Å². The summed E-state index contributed by atoms with van der Waals surface area (Å²) in [5, 5.41) is 7.68. The fraction of sp³-hybridized carbons (Fsp3) is 0.571. The highest BCUT2D eigenvalue weighted by Gasteiger charge is 2.53. The van der Waals surface area contributed by atoms with Gasteiger partial charge >= 0.3 is 6.18 Å². The first-order chi connectivity index (χ1) is 11.4. The second-order valence-electron chi connectivity index (χ2n) is 6.14. The lowest BCUT2D eigenvalue weighted by atomic mass is 10.2. The summed E-state index contributed by atoms with van der Waals surface area (Å²) in [6.45, 7) is 0.910. The predicted molar refractivity (Wildman–Crippen MR) is 72.5 cm³/mol. The molecule has 1 aliphatic heterocycles. The smallest absolute Gasteiger partial charge is 0.337 e. The van der Waals surface area contributed by atoms with Crippen molar-refractivity contribution in [3.63, 3.8) is 0 Å². The molecule has 1 aliphatic carbocycles. The van der Waals surface area contributed by atoms with Crippen LogP contribution >= 0.6 is 0 Å². The Kier molecular flexibility index (Phi) is 3.19. The van der Waals surface area contributed by atoms with Gasteiger partial charge in [0.05, 0.1) is 18.3 Å². The molecule has 3 heterocycles. The maximum Gasteiger partial charge on any atom is 0.419 e. The number of hydrogen-bond donors (Lipinski definition) is 0. The number of nitrogens with zero attached hydrogens (tertiary/aromatic N) is 5. The quantitative estimate of drug-likeness (QED) is 0.849. The molecule has 2 aliphatic rings. The summed E-state index contributed by atoms with van der Waals surface area (Å²) in [6.07, 6.45) is -0.207. The van der Waals surface area contributed by atoms with Gasteiger partial charge in [-0.1, -0.05) is 5.16 Å². The maximum atomic E-state index is 12.7. The highest BCUT2D eigenvalue weighted by atomic mass is 19.4. The topological polar surface area (TPSA) is 77.0 Å². The molecule has 128 valence electrons. The van der Waals surface area contributed by atoms with Crippen LogP contribution in [0.4, 0.5) is 13.2 Å². The molecule has 1 saturated carbocycles. The highest BCUT2D eigenvalue weighted by Crippen LogP contribution is 2.48. The fourth-order valence-electron chi connectivity index (χ4n) is 2.91. The van der Waals surface area contributed by atoms with Crippen LogP contribution in [0.5, 0.6) is 0 Å². The van der Waals surface area contributed by atoms with E-state index in [0.29, 0.717) is 31.6 Å². The summed E-state index contributed by atoms with van der Waals surface area (Å²) in [4.78, 5) is 17.6. The molecule has 1 amide bonds. The Balaban J connectivity index is 1.55. The molecule has 7 nitrogen and oxygen atoms in total. The van der Waals surface area contributed by atoms with E-state index in [1.54, 1.807) is 4.90 Å². The molecule has 2 aromatic heterocycles. The van der Waals surface area contributed by atoms with Crippen LogP contribution < -0.4 is 0 Å². The van der Waals surface area contributed by atoms with Gasteiger partial charge in [-0.15, -0.1) is 0 Å². The number of carbonyl (C=O) groups is 1. The lowest BCUT2D eigenvalue weighted by Crippen LogP contribution is -2.24. The van der Waals surface area contributed by atoms with Gasteiger partial charge in [-0.25, -0.2) is 0 Å². The molecule has 0 N–H and O–H groups in total. The van der Waals surface area contributed by atoms with Gasteiger partial charge in [-0.05, 0) is 19.3 Å². The van der Waals surface area contributed by atoms with Crippen LogP contribution in [0.1, 0.15) is 43.0 Å². The summed E-state index contributed by atoms with van der Waals surface area (Å²) >= 11 is 0. The molecular formula is C14H14F3N5O2. The minimum Gasteiger partial charge on any atom is -0.337 e. The minimum atomic E-state index is -4.44. The van der Waals surface area contributed by atoms with Crippen LogP contribution in [-0.2, 0) is 23.1 Å². The molecule has 24 heavy (non-hydrogen) atoms. The Morgan fingerprint density at radius 1 is 1.33 bits per heavy atom. The normalized spacial score (nSPS) is 20.0. The maximum absolute atomic E-state index is 12.7. The lowest BCUT2D eigenvalue weighted by Gasteiger charge is -2.12. The van der Waals surface area contributed by atoms with Crippen molar-refractivity contribution in [2.24, 2.45) is 0 Å². The zero-order chi connectivity index (χ0) is 16.9. The Morgan fingerprint density at radius 3 is 2.71 bits per heavy atom. The van der Waals surface area contributed by atoms with Crippen LogP contribution in [0.25, 0.3) is 0 Å². The third kappa shape index (κ3) is 2.45. The first-order valence-corrected chi connectivity index (χ1v) is 7.62. The minimum absolute atomic E-state index is 0.0457. The lowest BCUT2D eigenvalue weighted by molar-refractivity contribution is -0.137. The molecule has 0 aromatic carbocycles. The summed E-state index contributed by atoms with van der Waals surface area (Å²) in [6, 6.07) is 0. The van der Waals surface area contributed by atoms with E-state index < -0.39 is 17.3 Å². The Hall–Kier alpha value is -2.39. The van der Waals surface area contributed by atoms with Crippen LogP contribution in [0, 0.1) is 0 Å². The molecular weight excluding hydrogens is 327 g/mol. The van der Waals surface area contributed by atoms with Crippen molar-refractivity contribution in [1.29, 1.82) is 0 Å². The average molecular weight is 341 g/mol. The number of halogens is 3. The third-order valence-corrected chi connectivity index (χ3v) is 4.44. The van der Waals surface area contributed by atoms with E-state index in [4.69, 9.17) is 4.52 Å². The molecule has 10 heteroatoms. The first kappa shape index (κ1) is 15.2. The summed E-state index contributed by atoms with van der Waals surface area (Å²) in [5.41, 5.74) is -1.61. The molecule has 0 unspecified atom stereocenters. The van der Waals surface area contributed by atoms with E-state index in [2.05, 4.69) is 15.2 Å². The van der Waals surface area contributed by atoms with Gasteiger partial charge in [0, 0.05) is 19.2 Å². The number of hydrogen-bond acceptors (Lipinski definition) is 5. The van der Waals surface area contributed by atoms with Crippen molar-refractivity contribution in [3.05, 3.63) is 29.7 Å². The largest absolute Gasteiger partial charge is 0.419 e. The molecule has 2 aromatic rings. The number of alkyl halides is 3. The molecule has 1 saturated heterocycles. The zero-order valence-corrected chi connectivity index (χ0v) is 12.6. The van der Waals surface area contributed by atoms with Crippen LogP contribution in [0.2, 0.25) is 0 Å². The first-order valence-electron chi connectivity index (χ1n) is 7.62. The summed E-state index contributed by atoms with van der Waals surface area (Å²) in [5.74, 6) is 0.639. The van der Waals surface area contributed by atoms with Crippen molar-refractivity contribution < 1.29 is 22.5 Å². The monoisotopic (exact) mass is 341 g/mol. The predicted octanol–water partition coefficient (Wildman–Crippen LogP) is 1.94. The zero-order valence-electron chi connectivity index (χ0n) is 12.6. The number of likely N-dealkylation sites (tertiary alicyclic amines) is 1. The number of amides is 1. The summed E-state index contributed by atoms with van der Waals surface area (Å²) < 4.78 is 44.7. The number of aromatic nitrogens is 4. The van der Waals surface area contributed by atoms with E-state index in [1.807, 2.05) is 0 Å². The molecule has 0 atom stereocenters. The van der Waals surface area contributed by atoms with E-state index >= 15 is 0 Å². The summed E-state index contributed by atoms with van der Waals surface area (Å²) in [7, 11) is 0. The Bertz CT molecular complexity index is 777. The highest BCUT2D eigenvalue weighted by molar-refractivity contribution is 5.77. The number of rotatable bonds is 4. The number of carbonyl (C=O) groups excluding carboxylic acids is 1. The van der Waals surface area contributed by atoms with Crippen molar-refractivity contribution in [2.45, 2.75) is 43.9 Å². The van der Waals surface area contributed by atoms with Gasteiger partial charge in [0.15, 0.2) is 5.82 Å². The third-order valence-electron chi connectivity index (χ3n) is 4.44. The standard InChI is InChI=1S/C14H14F3N5O2/c15-14(16,17)9-6-18-22(7-9)13(3-4-13)12-19-10(20-24-12)8-21-5-1-2-11(21)23/h6-7H,1-5,8H2. The van der Waals surface area contributed by atoms with E-state index in [-0.39, 0.29) is 18.3 Å². The van der Waals surface area contributed by atoms with Gasteiger partial charge < -0.3 is 9.42 Å². The van der Waals surface area contributed by atoms with Crippen molar-refractivity contribution in [1.82, 2.24) is 24.8 Å². The van der Waals surface area contributed by atoms with Crippen LogP contribution in [-0.4, -0.2) is 37.3 Å². The fourth-order valence-corrected chi connectivity index (χ4v) is 2.91. The Labute approximate surface area is 134 Å². The van der Waals surface area contributed by atoms with Crippen molar-refractivity contribution >= 4 is 5.91 Å². The molecule has 0 radical (unpaired) electrons. The van der Waals surface area contributed by atoms with Gasteiger partial charge in [-0.2, -0.15) is 23.3 Å². The van der Waals surface area contributed by atoms with Gasteiger partial charge in [0.25, 0.3) is 5.89 Å². The SMILES string of the molecule is O=C1CCCN1Cc1noc(C2(n3cc(C(F)(F)F)cn3)CC2)n1. The van der Waals surface area contributed by atoms with E-state index in [1.165, 1.54) is 4.68 Å². The van der Waals surface area contributed by atoms with Crippen LogP contribution in [0.3, 0.4) is 0 Å². The van der Waals surface area contributed by atoms with Gasteiger partial charge in [-0.3, -0.25) is 9.48 Å². The van der Waals surface area contributed by atoms with E-state index in [9.17, 15) is 18.0 Å². The molecule has 0 bridgehead atoms. The Morgan fingerprint density at radius 2 is 2.12 bits per heavy atom. The van der Waals surface area contributed by atoms with Crippen molar-refractivity contribution in [3.8, 4) is 0 Å².